The van der Waals surface area contributed by atoms with Crippen LogP contribution < -0.4 is 5.32 Å². The van der Waals surface area contributed by atoms with Crippen molar-refractivity contribution in [1.82, 2.24) is 4.90 Å². The van der Waals surface area contributed by atoms with E-state index in [1.807, 2.05) is 24.3 Å². The molecule has 2 atom stereocenters. The van der Waals surface area contributed by atoms with E-state index in [9.17, 15) is 9.59 Å². The van der Waals surface area contributed by atoms with Gasteiger partial charge in [0.1, 0.15) is 0 Å². The van der Waals surface area contributed by atoms with Gasteiger partial charge in [0, 0.05) is 28.7 Å². The molecule has 2 aromatic carbocycles. The summed E-state index contributed by atoms with van der Waals surface area (Å²) in [6.07, 6.45) is 0.767. The highest BCUT2D eigenvalue weighted by Gasteiger charge is 2.46. The van der Waals surface area contributed by atoms with Crippen molar-refractivity contribution in [2.45, 2.75) is 12.3 Å². The molecule has 0 aliphatic heterocycles. The van der Waals surface area contributed by atoms with E-state index >= 15 is 0 Å². The Morgan fingerprint density at radius 1 is 1.16 bits per heavy atom. The summed E-state index contributed by atoms with van der Waals surface area (Å²) in [7, 11) is 1.64. The largest absolute Gasteiger partial charge is 0.336 e. The van der Waals surface area contributed by atoms with Gasteiger partial charge in [-0.1, -0.05) is 47.5 Å². The lowest BCUT2D eigenvalue weighted by molar-refractivity contribution is -0.134. The summed E-state index contributed by atoms with van der Waals surface area (Å²) in [4.78, 5) is 26.1. The average molecular weight is 377 g/mol. The van der Waals surface area contributed by atoms with Gasteiger partial charge in [-0.15, -0.1) is 0 Å². The molecule has 1 aliphatic carbocycles. The van der Waals surface area contributed by atoms with Crippen LogP contribution in [0.3, 0.4) is 0 Å². The molecule has 1 saturated carbocycles. The van der Waals surface area contributed by atoms with E-state index in [-0.39, 0.29) is 30.2 Å². The molecule has 0 bridgehead atoms. The van der Waals surface area contributed by atoms with Crippen molar-refractivity contribution in [3.63, 3.8) is 0 Å². The molecular weight excluding hydrogens is 359 g/mol. The van der Waals surface area contributed by atoms with E-state index in [4.69, 9.17) is 23.2 Å². The van der Waals surface area contributed by atoms with E-state index < -0.39 is 0 Å². The van der Waals surface area contributed by atoms with Crippen LogP contribution in [0.1, 0.15) is 17.9 Å². The molecule has 2 unspecified atom stereocenters. The fourth-order valence-electron chi connectivity index (χ4n) is 2.93. The van der Waals surface area contributed by atoms with Crippen LogP contribution in [0, 0.1) is 5.92 Å². The van der Waals surface area contributed by atoms with Gasteiger partial charge in [0.25, 0.3) is 0 Å². The second-order valence-corrected chi connectivity index (χ2v) is 7.07. The minimum atomic E-state index is -0.256. The van der Waals surface area contributed by atoms with Gasteiger partial charge in [-0.2, -0.15) is 0 Å². The first-order valence-electron chi connectivity index (χ1n) is 8.00. The van der Waals surface area contributed by atoms with Gasteiger partial charge in [-0.3, -0.25) is 9.59 Å². The summed E-state index contributed by atoms with van der Waals surface area (Å²) < 4.78 is 0. The second-order valence-electron chi connectivity index (χ2n) is 6.22. The van der Waals surface area contributed by atoms with Crippen molar-refractivity contribution in [3.8, 4) is 0 Å². The first-order chi connectivity index (χ1) is 12.0. The van der Waals surface area contributed by atoms with E-state index in [2.05, 4.69) is 5.32 Å². The summed E-state index contributed by atoms with van der Waals surface area (Å²) in [5.41, 5.74) is 1.61. The van der Waals surface area contributed by atoms with Crippen molar-refractivity contribution in [3.05, 3.63) is 64.1 Å². The summed E-state index contributed by atoms with van der Waals surface area (Å²) in [6, 6.07) is 14.5. The van der Waals surface area contributed by atoms with Gasteiger partial charge in [-0.05, 0) is 42.2 Å². The predicted octanol–water partition coefficient (Wildman–Crippen LogP) is 4.19. The van der Waals surface area contributed by atoms with Crippen LogP contribution in [0.4, 0.5) is 5.69 Å². The third-order valence-electron chi connectivity index (χ3n) is 4.28. The number of nitrogens with zero attached hydrogens (tertiary/aromatic N) is 1. The molecule has 1 aliphatic rings. The Labute approximate surface area is 156 Å². The maximum Gasteiger partial charge on any atom is 0.243 e. The average Bonchev–Trinajstić information content (AvgIpc) is 3.34. The fourth-order valence-corrected chi connectivity index (χ4v) is 3.40. The quantitative estimate of drug-likeness (QED) is 0.849. The van der Waals surface area contributed by atoms with Gasteiger partial charge in [0.15, 0.2) is 0 Å². The van der Waals surface area contributed by atoms with Crippen molar-refractivity contribution >= 4 is 40.7 Å². The number of benzene rings is 2. The van der Waals surface area contributed by atoms with Gasteiger partial charge in [0.05, 0.1) is 6.54 Å². The summed E-state index contributed by atoms with van der Waals surface area (Å²) in [5, 5.41) is 3.97. The van der Waals surface area contributed by atoms with Crippen molar-refractivity contribution in [1.29, 1.82) is 0 Å². The Bertz CT molecular complexity index is 810. The minimum absolute atomic E-state index is 0.00289. The van der Waals surface area contributed by atoms with E-state index in [0.717, 1.165) is 12.0 Å². The molecule has 4 nitrogen and oxygen atoms in total. The number of amides is 2. The zero-order chi connectivity index (χ0) is 18.0. The SMILES string of the molecule is CN(CC(=O)Nc1cccc(Cl)c1)C(=O)C1CC1c1ccccc1Cl. The summed E-state index contributed by atoms with van der Waals surface area (Å²) in [6.45, 7) is -0.00289. The van der Waals surface area contributed by atoms with Gasteiger partial charge >= 0.3 is 0 Å². The zero-order valence-electron chi connectivity index (χ0n) is 13.7. The van der Waals surface area contributed by atoms with Crippen LogP contribution >= 0.6 is 23.2 Å². The van der Waals surface area contributed by atoms with E-state index in [1.54, 1.807) is 31.3 Å². The molecule has 25 heavy (non-hydrogen) atoms. The third kappa shape index (κ3) is 4.33. The molecule has 0 aromatic heterocycles. The van der Waals surface area contributed by atoms with Crippen LogP contribution in [-0.4, -0.2) is 30.3 Å². The first-order valence-corrected chi connectivity index (χ1v) is 8.76. The molecule has 3 rings (SSSR count). The van der Waals surface area contributed by atoms with Gasteiger partial charge in [-0.25, -0.2) is 0 Å². The summed E-state index contributed by atoms with van der Waals surface area (Å²) in [5.74, 6) is -0.261. The molecule has 1 N–H and O–H groups in total. The molecule has 0 spiro atoms. The molecule has 0 heterocycles. The predicted molar refractivity (Wildman–Crippen MR) is 100 cm³/mol. The number of rotatable bonds is 5. The normalized spacial score (nSPS) is 18.5. The Kier molecular flexibility index (Phi) is 5.30. The number of carbonyl (C=O) groups is 2. The highest BCUT2D eigenvalue weighted by molar-refractivity contribution is 6.31. The molecule has 6 heteroatoms. The molecule has 130 valence electrons. The number of nitrogens with one attached hydrogen (secondary N) is 1. The first kappa shape index (κ1) is 17.8. The highest BCUT2D eigenvalue weighted by Crippen LogP contribution is 2.50. The molecule has 0 saturated heterocycles. The Hall–Kier alpha value is -2.04. The topological polar surface area (TPSA) is 49.4 Å². The molecule has 2 aromatic rings. The lowest BCUT2D eigenvalue weighted by Gasteiger charge is -2.17. The van der Waals surface area contributed by atoms with E-state index in [0.29, 0.717) is 15.7 Å². The van der Waals surface area contributed by atoms with Gasteiger partial charge in [0.2, 0.25) is 11.8 Å². The minimum Gasteiger partial charge on any atom is -0.336 e. The maximum atomic E-state index is 12.5. The van der Waals surface area contributed by atoms with Crippen LogP contribution in [0.25, 0.3) is 0 Å². The lowest BCUT2D eigenvalue weighted by atomic mass is 10.1. The number of hydrogen-bond donors (Lipinski definition) is 1. The molecule has 2 amide bonds. The maximum absolute atomic E-state index is 12.5. The standard InChI is InChI=1S/C19H18Cl2N2O2/c1-23(11-18(24)22-13-6-4-5-12(20)9-13)19(25)16-10-15(16)14-7-2-3-8-17(14)21/h2-9,15-16H,10-11H2,1H3,(H,22,24). The second kappa shape index (κ2) is 7.46. The Morgan fingerprint density at radius 2 is 1.92 bits per heavy atom. The van der Waals surface area contributed by atoms with E-state index in [1.165, 1.54) is 4.90 Å². The number of hydrogen-bond acceptors (Lipinski definition) is 2. The third-order valence-corrected chi connectivity index (χ3v) is 4.86. The lowest BCUT2D eigenvalue weighted by Crippen LogP contribution is -2.36. The highest BCUT2D eigenvalue weighted by atomic mass is 35.5. The zero-order valence-corrected chi connectivity index (χ0v) is 15.2. The Morgan fingerprint density at radius 3 is 2.64 bits per heavy atom. The van der Waals surface area contributed by atoms with Crippen molar-refractivity contribution in [2.75, 3.05) is 18.9 Å². The van der Waals surface area contributed by atoms with Gasteiger partial charge < -0.3 is 10.2 Å². The monoisotopic (exact) mass is 376 g/mol. The van der Waals surface area contributed by atoms with Crippen LogP contribution in [0.15, 0.2) is 48.5 Å². The molecule has 0 radical (unpaired) electrons. The number of carbonyl (C=O) groups excluding carboxylic acids is 2. The Balaban J connectivity index is 1.55. The van der Waals surface area contributed by atoms with Crippen LogP contribution in [0.2, 0.25) is 10.0 Å². The fraction of sp³-hybridized carbons (Fsp3) is 0.263. The molecule has 1 fully saturated rings. The van der Waals surface area contributed by atoms with Crippen LogP contribution in [0.5, 0.6) is 0 Å². The van der Waals surface area contributed by atoms with Crippen molar-refractivity contribution in [2.24, 2.45) is 5.92 Å². The van der Waals surface area contributed by atoms with Crippen molar-refractivity contribution < 1.29 is 9.59 Å². The number of anilines is 1. The summed E-state index contributed by atoms with van der Waals surface area (Å²) >= 11 is 12.1. The smallest absolute Gasteiger partial charge is 0.243 e. The number of halogens is 2. The number of likely N-dealkylation sites (N-methyl/N-ethyl adjacent to an activating group) is 1. The molecular formula is C19H18Cl2N2O2. The van der Waals surface area contributed by atoms with Crippen LogP contribution in [-0.2, 0) is 9.59 Å².